The lowest BCUT2D eigenvalue weighted by Crippen LogP contribution is -2.31. The third kappa shape index (κ3) is 5.61. The molecule has 1 N–H and O–H groups in total. The van der Waals surface area contributed by atoms with Crippen LogP contribution in [-0.4, -0.2) is 33.9 Å². The molecule has 0 saturated heterocycles. The van der Waals surface area contributed by atoms with Crippen LogP contribution in [0.25, 0.3) is 0 Å². The Labute approximate surface area is 116 Å². The van der Waals surface area contributed by atoms with Gasteiger partial charge in [-0.1, -0.05) is 19.9 Å². The van der Waals surface area contributed by atoms with Gasteiger partial charge in [0.15, 0.2) is 9.84 Å². The molecule has 0 aliphatic rings. The normalized spacial score (nSPS) is 13.2. The number of nitrogens with one attached hydrogen (secondary N) is 1. The van der Waals surface area contributed by atoms with Crippen LogP contribution in [0, 0.1) is 0 Å². The summed E-state index contributed by atoms with van der Waals surface area (Å²) >= 11 is 0. The van der Waals surface area contributed by atoms with Gasteiger partial charge in [0.25, 0.3) is 0 Å². The van der Waals surface area contributed by atoms with Crippen LogP contribution in [0.1, 0.15) is 26.7 Å². The van der Waals surface area contributed by atoms with E-state index in [1.54, 1.807) is 24.3 Å². The van der Waals surface area contributed by atoms with Crippen molar-refractivity contribution < 1.29 is 13.2 Å². The molecule has 108 valence electrons. The first-order chi connectivity index (χ1) is 8.97. The maximum absolute atomic E-state index is 11.5. The van der Waals surface area contributed by atoms with Crippen molar-refractivity contribution in [3.8, 4) is 5.75 Å². The smallest absolute Gasteiger partial charge is 0.175 e. The number of ether oxygens (including phenoxy) is 1. The SMILES string of the molecule is CCCNCC(CC)Oc1cccc(S(C)(=O)=O)c1. The summed E-state index contributed by atoms with van der Waals surface area (Å²) < 4.78 is 28.8. The van der Waals surface area contributed by atoms with E-state index in [9.17, 15) is 8.42 Å². The molecule has 0 bridgehead atoms. The Bertz CT molecular complexity index is 485. The van der Waals surface area contributed by atoms with Crippen molar-refractivity contribution in [2.75, 3.05) is 19.3 Å². The zero-order valence-electron chi connectivity index (χ0n) is 11.8. The minimum absolute atomic E-state index is 0.0568. The van der Waals surface area contributed by atoms with E-state index < -0.39 is 9.84 Å². The minimum Gasteiger partial charge on any atom is -0.489 e. The van der Waals surface area contributed by atoms with Gasteiger partial charge < -0.3 is 10.1 Å². The van der Waals surface area contributed by atoms with Gasteiger partial charge in [-0.05, 0) is 37.6 Å². The first kappa shape index (κ1) is 16.0. The van der Waals surface area contributed by atoms with E-state index in [0.29, 0.717) is 10.6 Å². The summed E-state index contributed by atoms with van der Waals surface area (Å²) in [6.07, 6.45) is 3.22. The molecule has 1 aromatic rings. The van der Waals surface area contributed by atoms with E-state index in [1.165, 1.54) is 6.26 Å². The highest BCUT2D eigenvalue weighted by Crippen LogP contribution is 2.19. The lowest BCUT2D eigenvalue weighted by molar-refractivity contribution is 0.193. The van der Waals surface area contributed by atoms with E-state index in [2.05, 4.69) is 19.2 Å². The van der Waals surface area contributed by atoms with E-state index in [-0.39, 0.29) is 6.10 Å². The fourth-order valence-corrected chi connectivity index (χ4v) is 2.34. The molecule has 5 heteroatoms. The summed E-state index contributed by atoms with van der Waals surface area (Å²) in [5.74, 6) is 0.605. The Morgan fingerprint density at radius 3 is 2.63 bits per heavy atom. The Hall–Kier alpha value is -1.07. The van der Waals surface area contributed by atoms with Crippen molar-refractivity contribution in [3.63, 3.8) is 0 Å². The lowest BCUT2D eigenvalue weighted by atomic mass is 10.2. The molecule has 1 rings (SSSR count). The first-order valence-electron chi connectivity index (χ1n) is 6.64. The van der Waals surface area contributed by atoms with Gasteiger partial charge in [0.1, 0.15) is 11.9 Å². The molecule has 4 nitrogen and oxygen atoms in total. The van der Waals surface area contributed by atoms with Crippen LogP contribution < -0.4 is 10.1 Å². The van der Waals surface area contributed by atoms with Crippen molar-refractivity contribution in [2.45, 2.75) is 37.7 Å². The molecule has 0 spiro atoms. The Balaban J connectivity index is 2.69. The van der Waals surface area contributed by atoms with Crippen LogP contribution in [0.3, 0.4) is 0 Å². The molecule has 1 aromatic carbocycles. The molecule has 19 heavy (non-hydrogen) atoms. The number of rotatable bonds is 8. The molecule has 0 aliphatic heterocycles. The van der Waals surface area contributed by atoms with Gasteiger partial charge in [0.05, 0.1) is 4.90 Å². The molecule has 0 aliphatic carbocycles. The molecule has 0 radical (unpaired) electrons. The van der Waals surface area contributed by atoms with Gasteiger partial charge in [0, 0.05) is 12.8 Å². The standard InChI is InChI=1S/C14H23NO3S/c1-4-9-15-11-12(5-2)18-13-7-6-8-14(10-13)19(3,16)17/h6-8,10,12,15H,4-5,9,11H2,1-3H3. The number of hydrogen-bond acceptors (Lipinski definition) is 4. The second-order valence-corrected chi connectivity index (χ2v) is 6.61. The largest absolute Gasteiger partial charge is 0.489 e. The highest BCUT2D eigenvalue weighted by Gasteiger charge is 2.11. The number of hydrogen-bond donors (Lipinski definition) is 1. The van der Waals surface area contributed by atoms with Gasteiger partial charge in [-0.3, -0.25) is 0 Å². The molecule has 0 fully saturated rings. The van der Waals surface area contributed by atoms with Gasteiger partial charge in [0.2, 0.25) is 0 Å². The summed E-state index contributed by atoms with van der Waals surface area (Å²) in [6, 6.07) is 6.66. The second-order valence-electron chi connectivity index (χ2n) is 4.60. The van der Waals surface area contributed by atoms with Crippen molar-refractivity contribution in [2.24, 2.45) is 0 Å². The summed E-state index contributed by atoms with van der Waals surface area (Å²) in [6.45, 7) is 5.90. The third-order valence-electron chi connectivity index (χ3n) is 2.79. The van der Waals surface area contributed by atoms with Crippen LogP contribution in [0.15, 0.2) is 29.2 Å². The molecular weight excluding hydrogens is 262 g/mol. The van der Waals surface area contributed by atoms with E-state index in [4.69, 9.17) is 4.74 Å². The van der Waals surface area contributed by atoms with E-state index >= 15 is 0 Å². The monoisotopic (exact) mass is 285 g/mol. The summed E-state index contributed by atoms with van der Waals surface area (Å²) in [5, 5.41) is 3.31. The topological polar surface area (TPSA) is 55.4 Å². The zero-order valence-corrected chi connectivity index (χ0v) is 12.7. The molecule has 1 unspecified atom stereocenters. The van der Waals surface area contributed by atoms with Crippen LogP contribution in [-0.2, 0) is 9.84 Å². The third-order valence-corrected chi connectivity index (χ3v) is 3.90. The van der Waals surface area contributed by atoms with Gasteiger partial charge >= 0.3 is 0 Å². The van der Waals surface area contributed by atoms with E-state index in [0.717, 1.165) is 25.9 Å². The summed E-state index contributed by atoms with van der Waals surface area (Å²) in [5.41, 5.74) is 0. The Kier molecular flexibility index (Phi) is 6.31. The van der Waals surface area contributed by atoms with Crippen molar-refractivity contribution in [3.05, 3.63) is 24.3 Å². The predicted octanol–water partition coefficient (Wildman–Crippen LogP) is 2.25. The second kappa shape index (κ2) is 7.50. The Morgan fingerprint density at radius 1 is 1.32 bits per heavy atom. The quantitative estimate of drug-likeness (QED) is 0.744. The molecule has 0 aromatic heterocycles. The van der Waals surface area contributed by atoms with Crippen molar-refractivity contribution >= 4 is 9.84 Å². The van der Waals surface area contributed by atoms with Crippen LogP contribution in [0.5, 0.6) is 5.75 Å². The van der Waals surface area contributed by atoms with Crippen molar-refractivity contribution in [1.29, 1.82) is 0 Å². The zero-order chi connectivity index (χ0) is 14.3. The molecule has 0 amide bonds. The predicted molar refractivity (Wildman–Crippen MR) is 77.4 cm³/mol. The van der Waals surface area contributed by atoms with Gasteiger partial charge in [-0.2, -0.15) is 0 Å². The fraction of sp³-hybridized carbons (Fsp3) is 0.571. The first-order valence-corrected chi connectivity index (χ1v) is 8.54. The number of sulfone groups is 1. The maximum atomic E-state index is 11.5. The minimum atomic E-state index is -3.18. The highest BCUT2D eigenvalue weighted by atomic mass is 32.2. The average molecular weight is 285 g/mol. The van der Waals surface area contributed by atoms with E-state index in [1.807, 2.05) is 0 Å². The molecular formula is C14H23NO3S. The molecule has 0 heterocycles. The van der Waals surface area contributed by atoms with Crippen molar-refractivity contribution in [1.82, 2.24) is 5.32 Å². The molecule has 0 saturated carbocycles. The number of benzene rings is 1. The average Bonchev–Trinajstić information content (AvgIpc) is 2.37. The lowest BCUT2D eigenvalue weighted by Gasteiger charge is -2.18. The van der Waals surface area contributed by atoms with Crippen LogP contribution >= 0.6 is 0 Å². The summed E-state index contributed by atoms with van der Waals surface area (Å²) in [4.78, 5) is 0.293. The fourth-order valence-electron chi connectivity index (χ4n) is 1.68. The Morgan fingerprint density at radius 2 is 2.05 bits per heavy atom. The maximum Gasteiger partial charge on any atom is 0.175 e. The summed E-state index contributed by atoms with van der Waals surface area (Å²) in [7, 11) is -3.18. The van der Waals surface area contributed by atoms with Gasteiger partial charge in [-0.25, -0.2) is 8.42 Å². The van der Waals surface area contributed by atoms with Crippen LogP contribution in [0.2, 0.25) is 0 Å². The van der Waals surface area contributed by atoms with Gasteiger partial charge in [-0.15, -0.1) is 0 Å². The molecule has 1 atom stereocenters. The van der Waals surface area contributed by atoms with Crippen LogP contribution in [0.4, 0.5) is 0 Å². The highest BCUT2D eigenvalue weighted by molar-refractivity contribution is 7.90.